The van der Waals surface area contributed by atoms with Gasteiger partial charge in [-0.25, -0.2) is 0 Å². The SMILES string of the molecule is COc1ccc(C(=O)NN(CCC#N)C2=NS(=O)(=O)c3ccccc32)cc1. The normalized spacial score (nSPS) is 13.9. The molecule has 138 valence electrons. The molecule has 2 aromatic rings. The number of nitrogens with zero attached hydrogens (tertiary/aromatic N) is 3. The Morgan fingerprint density at radius 3 is 2.59 bits per heavy atom. The van der Waals surface area contributed by atoms with Crippen molar-refractivity contribution in [2.75, 3.05) is 13.7 Å². The fraction of sp³-hybridized carbons (Fsp3) is 0.167. The summed E-state index contributed by atoms with van der Waals surface area (Å²) in [5, 5.41) is 10.2. The highest BCUT2D eigenvalue weighted by atomic mass is 32.2. The first-order valence-corrected chi connectivity index (χ1v) is 9.44. The van der Waals surface area contributed by atoms with Crippen LogP contribution in [0.3, 0.4) is 0 Å². The molecule has 0 bridgehead atoms. The van der Waals surface area contributed by atoms with Crippen molar-refractivity contribution < 1.29 is 17.9 Å². The summed E-state index contributed by atoms with van der Waals surface area (Å²) in [5.74, 6) is 0.232. The third-order valence-corrected chi connectivity index (χ3v) is 5.23. The van der Waals surface area contributed by atoms with Gasteiger partial charge in [-0.05, 0) is 36.4 Å². The molecule has 9 heteroatoms. The van der Waals surface area contributed by atoms with Crippen molar-refractivity contribution in [1.29, 1.82) is 5.26 Å². The van der Waals surface area contributed by atoms with Crippen LogP contribution in [-0.2, 0) is 10.0 Å². The third kappa shape index (κ3) is 3.75. The molecule has 8 nitrogen and oxygen atoms in total. The fourth-order valence-electron chi connectivity index (χ4n) is 2.59. The summed E-state index contributed by atoms with van der Waals surface area (Å²) < 4.78 is 33.4. The van der Waals surface area contributed by atoms with Crippen LogP contribution >= 0.6 is 0 Å². The Morgan fingerprint density at radius 2 is 1.93 bits per heavy atom. The van der Waals surface area contributed by atoms with Crippen LogP contribution in [0.5, 0.6) is 5.75 Å². The van der Waals surface area contributed by atoms with E-state index in [0.29, 0.717) is 16.9 Å². The molecule has 3 rings (SSSR count). The van der Waals surface area contributed by atoms with Crippen LogP contribution in [-0.4, -0.2) is 38.8 Å². The number of hydrazine groups is 1. The number of hydrogen-bond acceptors (Lipinski definition) is 6. The van der Waals surface area contributed by atoms with E-state index < -0.39 is 15.9 Å². The Kier molecular flexibility index (Phi) is 5.09. The molecule has 0 atom stereocenters. The van der Waals surface area contributed by atoms with Crippen molar-refractivity contribution in [3.63, 3.8) is 0 Å². The lowest BCUT2D eigenvalue weighted by Crippen LogP contribution is -2.46. The Bertz CT molecular complexity index is 1040. The van der Waals surface area contributed by atoms with Crippen molar-refractivity contribution in [2.45, 2.75) is 11.3 Å². The van der Waals surface area contributed by atoms with Gasteiger partial charge < -0.3 is 4.74 Å². The first-order chi connectivity index (χ1) is 13.0. The van der Waals surface area contributed by atoms with Crippen molar-refractivity contribution in [2.24, 2.45) is 4.40 Å². The number of carbonyl (C=O) groups is 1. The molecule has 0 saturated heterocycles. The highest BCUT2D eigenvalue weighted by Crippen LogP contribution is 2.27. The molecule has 1 aliphatic heterocycles. The number of nitrogens with one attached hydrogen (secondary N) is 1. The summed E-state index contributed by atoms with van der Waals surface area (Å²) in [7, 11) is -2.32. The van der Waals surface area contributed by atoms with E-state index in [1.165, 1.54) is 18.2 Å². The predicted molar refractivity (Wildman–Crippen MR) is 97.6 cm³/mol. The lowest BCUT2D eigenvalue weighted by molar-refractivity contribution is 0.0872. The Labute approximate surface area is 156 Å². The number of sulfonamides is 1. The standard InChI is InChI=1S/C18H16N4O4S/c1-26-14-9-7-13(8-10-14)18(23)20-22(12-4-11-19)17-15-5-2-3-6-16(15)27(24,25)21-17/h2-3,5-10H,4,12H2,1H3,(H,20,23). The largest absolute Gasteiger partial charge is 0.497 e. The lowest BCUT2D eigenvalue weighted by atomic mass is 10.2. The van der Waals surface area contributed by atoms with Gasteiger partial charge in [-0.15, -0.1) is 4.40 Å². The maximum absolute atomic E-state index is 12.6. The molecule has 0 radical (unpaired) electrons. The summed E-state index contributed by atoms with van der Waals surface area (Å²) in [5.41, 5.74) is 3.37. The van der Waals surface area contributed by atoms with Crippen molar-refractivity contribution >= 4 is 21.8 Å². The fourth-order valence-corrected chi connectivity index (χ4v) is 3.80. The average molecular weight is 384 g/mol. The number of ether oxygens (including phenoxy) is 1. The zero-order valence-corrected chi connectivity index (χ0v) is 15.2. The van der Waals surface area contributed by atoms with Gasteiger partial charge in [0.1, 0.15) is 10.6 Å². The number of amidine groups is 1. The number of amides is 1. The van der Waals surface area contributed by atoms with Crippen molar-refractivity contribution in [3.05, 3.63) is 59.7 Å². The molecule has 1 aliphatic rings. The zero-order valence-electron chi connectivity index (χ0n) is 14.4. The molecular weight excluding hydrogens is 368 g/mol. The smallest absolute Gasteiger partial charge is 0.285 e. The molecular formula is C18H16N4O4S. The Balaban J connectivity index is 1.91. The first kappa shape index (κ1) is 18.4. The van der Waals surface area contributed by atoms with Crippen LogP contribution in [0.4, 0.5) is 0 Å². The summed E-state index contributed by atoms with van der Waals surface area (Å²) in [4.78, 5) is 12.6. The number of hydrogen-bond donors (Lipinski definition) is 1. The summed E-state index contributed by atoms with van der Waals surface area (Å²) >= 11 is 0. The maximum Gasteiger partial charge on any atom is 0.285 e. The first-order valence-electron chi connectivity index (χ1n) is 8.00. The van der Waals surface area contributed by atoms with E-state index in [4.69, 9.17) is 10.00 Å². The van der Waals surface area contributed by atoms with Crippen molar-refractivity contribution in [3.8, 4) is 11.8 Å². The molecule has 27 heavy (non-hydrogen) atoms. The van der Waals surface area contributed by atoms with E-state index in [1.54, 1.807) is 42.5 Å². The van der Waals surface area contributed by atoms with E-state index in [2.05, 4.69) is 9.82 Å². The van der Waals surface area contributed by atoms with Crippen LogP contribution < -0.4 is 10.2 Å². The molecule has 1 heterocycles. The van der Waals surface area contributed by atoms with Gasteiger partial charge in [0.25, 0.3) is 15.9 Å². The van der Waals surface area contributed by atoms with Gasteiger partial charge in [0.15, 0.2) is 5.84 Å². The third-order valence-electron chi connectivity index (χ3n) is 3.90. The van der Waals surface area contributed by atoms with Crippen LogP contribution in [0, 0.1) is 11.3 Å². The molecule has 0 saturated carbocycles. The van der Waals surface area contributed by atoms with E-state index in [0.717, 1.165) is 0 Å². The van der Waals surface area contributed by atoms with Crippen molar-refractivity contribution in [1.82, 2.24) is 10.4 Å². The number of rotatable bonds is 4. The minimum atomic E-state index is -3.84. The number of fused-ring (bicyclic) bond motifs is 1. The quantitative estimate of drug-likeness (QED) is 0.803. The van der Waals surface area contributed by atoms with E-state index in [1.807, 2.05) is 6.07 Å². The Hall–Kier alpha value is -3.38. The second-order valence-electron chi connectivity index (χ2n) is 5.62. The maximum atomic E-state index is 12.6. The predicted octanol–water partition coefficient (Wildman–Crippen LogP) is 1.70. The highest BCUT2D eigenvalue weighted by Gasteiger charge is 2.32. The highest BCUT2D eigenvalue weighted by molar-refractivity contribution is 7.90. The molecule has 1 amide bonds. The average Bonchev–Trinajstić information content (AvgIpc) is 2.96. The molecule has 0 aliphatic carbocycles. The monoisotopic (exact) mass is 384 g/mol. The van der Waals surface area contributed by atoms with Gasteiger partial charge in [0, 0.05) is 11.1 Å². The Morgan fingerprint density at radius 1 is 1.22 bits per heavy atom. The van der Waals surface area contributed by atoms with Crippen LogP contribution in [0.1, 0.15) is 22.3 Å². The molecule has 2 aromatic carbocycles. The van der Waals surface area contributed by atoms with Gasteiger partial charge in [-0.1, -0.05) is 12.1 Å². The minimum absolute atomic E-state index is 0.0701. The second-order valence-corrected chi connectivity index (χ2v) is 7.19. The lowest BCUT2D eigenvalue weighted by Gasteiger charge is -2.24. The zero-order chi connectivity index (χ0) is 19.4. The van der Waals surface area contributed by atoms with Gasteiger partial charge in [0.05, 0.1) is 26.1 Å². The summed E-state index contributed by atoms with van der Waals surface area (Å²) in [6.07, 6.45) is 0.0735. The summed E-state index contributed by atoms with van der Waals surface area (Å²) in [6, 6.07) is 14.8. The van der Waals surface area contributed by atoms with E-state index in [-0.39, 0.29) is 23.7 Å². The van der Waals surface area contributed by atoms with Gasteiger partial charge >= 0.3 is 0 Å². The summed E-state index contributed by atoms with van der Waals surface area (Å²) in [6.45, 7) is 0.0844. The van der Waals surface area contributed by atoms with Crippen LogP contribution in [0.15, 0.2) is 57.8 Å². The number of benzene rings is 2. The molecule has 0 unspecified atom stereocenters. The topological polar surface area (TPSA) is 112 Å². The number of nitriles is 1. The number of carbonyl (C=O) groups excluding carboxylic acids is 1. The van der Waals surface area contributed by atoms with E-state index >= 15 is 0 Å². The van der Waals surface area contributed by atoms with E-state index in [9.17, 15) is 13.2 Å². The molecule has 0 aromatic heterocycles. The molecule has 1 N–H and O–H groups in total. The van der Waals surface area contributed by atoms with Gasteiger partial charge in [0.2, 0.25) is 0 Å². The minimum Gasteiger partial charge on any atom is -0.497 e. The van der Waals surface area contributed by atoms with Gasteiger partial charge in [-0.2, -0.15) is 13.7 Å². The van der Waals surface area contributed by atoms with Gasteiger partial charge in [-0.3, -0.25) is 15.2 Å². The number of methoxy groups -OCH3 is 1. The van der Waals surface area contributed by atoms with Crippen LogP contribution in [0.2, 0.25) is 0 Å². The van der Waals surface area contributed by atoms with Crippen LogP contribution in [0.25, 0.3) is 0 Å². The molecule has 0 spiro atoms. The molecule has 0 fully saturated rings. The second kappa shape index (κ2) is 7.47.